The quantitative estimate of drug-likeness (QED) is 0.540. The first kappa shape index (κ1) is 7.33. The molecule has 0 bridgehead atoms. The van der Waals surface area contributed by atoms with Crippen molar-refractivity contribution in [1.29, 1.82) is 0 Å². The van der Waals surface area contributed by atoms with Crippen LogP contribution in [0.1, 0.15) is 5.56 Å². The Morgan fingerprint density at radius 3 is 3.17 bits per heavy atom. The molecule has 0 saturated heterocycles. The molecule has 0 aliphatic heterocycles. The molecule has 0 aliphatic carbocycles. The van der Waals surface area contributed by atoms with Gasteiger partial charge in [0.05, 0.1) is 0 Å². The fraction of sp³-hybridized carbons (Fsp3) is 0. The van der Waals surface area contributed by atoms with Crippen molar-refractivity contribution in [2.75, 3.05) is 0 Å². The van der Waals surface area contributed by atoms with Crippen LogP contribution in [0.2, 0.25) is 0 Å². The third-order valence-corrected chi connectivity index (χ3v) is 2.41. The van der Waals surface area contributed by atoms with E-state index in [9.17, 15) is 4.39 Å². The van der Waals surface area contributed by atoms with Crippen LogP contribution in [0.25, 0.3) is 10.1 Å². The van der Waals surface area contributed by atoms with Gasteiger partial charge in [0.15, 0.2) is 0 Å². The Kier molecular flexibility index (Phi) is 1.81. The van der Waals surface area contributed by atoms with Crippen LogP contribution >= 0.6 is 11.3 Å². The van der Waals surface area contributed by atoms with Crippen molar-refractivity contribution in [3.8, 4) is 12.1 Å². The Bertz CT molecular complexity index is 459. The molecule has 0 atom stereocenters. The third-order valence-electron chi connectivity index (χ3n) is 1.58. The molecule has 2 aromatic rings. The average molecular weight is 175 g/mol. The molecule has 57 valence electrons. The van der Waals surface area contributed by atoms with Gasteiger partial charge in [-0.1, -0.05) is 0 Å². The topological polar surface area (TPSA) is 0 Å². The van der Waals surface area contributed by atoms with Crippen molar-refractivity contribution in [2.45, 2.75) is 0 Å². The SMILES string of the molecule is FC#Cc1ccc2s[c]cc2c1. The lowest BCUT2D eigenvalue weighted by Gasteiger charge is -1.89. The second kappa shape index (κ2) is 2.96. The van der Waals surface area contributed by atoms with Crippen molar-refractivity contribution >= 4 is 21.4 Å². The third kappa shape index (κ3) is 1.19. The van der Waals surface area contributed by atoms with E-state index in [-0.39, 0.29) is 0 Å². The van der Waals surface area contributed by atoms with Gasteiger partial charge in [-0.3, -0.25) is 0 Å². The molecule has 0 N–H and O–H groups in total. The number of thiophene rings is 1. The first-order chi connectivity index (χ1) is 5.90. The molecule has 0 unspecified atom stereocenters. The van der Waals surface area contributed by atoms with Crippen molar-refractivity contribution in [3.05, 3.63) is 35.2 Å². The largest absolute Gasteiger partial charge is 0.144 e. The van der Waals surface area contributed by atoms with Gasteiger partial charge in [-0.15, -0.1) is 15.7 Å². The molecule has 1 heterocycles. The van der Waals surface area contributed by atoms with E-state index in [1.54, 1.807) is 17.4 Å². The summed E-state index contributed by atoms with van der Waals surface area (Å²) in [5.41, 5.74) is 0.705. The minimum atomic E-state index is 0.705. The number of halogens is 1. The molecule has 2 heteroatoms. The summed E-state index contributed by atoms with van der Waals surface area (Å²) in [6.45, 7) is 0. The summed E-state index contributed by atoms with van der Waals surface area (Å²) < 4.78 is 12.8. The van der Waals surface area contributed by atoms with Crippen LogP contribution in [0.15, 0.2) is 24.3 Å². The van der Waals surface area contributed by atoms with Crippen LogP contribution in [0.4, 0.5) is 4.39 Å². The van der Waals surface area contributed by atoms with Gasteiger partial charge >= 0.3 is 0 Å². The summed E-state index contributed by atoms with van der Waals surface area (Å²) in [5, 5.41) is 4.08. The summed E-state index contributed by atoms with van der Waals surface area (Å²) in [5.74, 6) is 2.36. The molecule has 0 nitrogen and oxygen atoms in total. The molecule has 0 aliphatic rings. The van der Waals surface area contributed by atoms with Crippen LogP contribution < -0.4 is 0 Å². The van der Waals surface area contributed by atoms with Crippen LogP contribution in [0, 0.1) is 17.5 Å². The molecule has 1 aromatic carbocycles. The highest BCUT2D eigenvalue weighted by Crippen LogP contribution is 2.20. The minimum Gasteiger partial charge on any atom is -0.144 e. The second-order valence-corrected chi connectivity index (χ2v) is 3.22. The van der Waals surface area contributed by atoms with Gasteiger partial charge in [-0.05, 0) is 35.6 Å². The molecule has 2 rings (SSSR count). The first-order valence-corrected chi connectivity index (χ1v) is 4.23. The Morgan fingerprint density at radius 1 is 1.42 bits per heavy atom. The monoisotopic (exact) mass is 175 g/mol. The van der Waals surface area contributed by atoms with Crippen LogP contribution in [0.3, 0.4) is 0 Å². The zero-order valence-electron chi connectivity index (χ0n) is 6.10. The van der Waals surface area contributed by atoms with E-state index in [1.165, 1.54) is 6.17 Å². The van der Waals surface area contributed by atoms with Gasteiger partial charge in [-0.2, -0.15) is 0 Å². The zero-order valence-corrected chi connectivity index (χ0v) is 6.91. The number of rotatable bonds is 0. The molecule has 0 amide bonds. The molecule has 1 aromatic heterocycles. The Morgan fingerprint density at radius 2 is 2.33 bits per heavy atom. The smallest absolute Gasteiger partial charge is 0.111 e. The van der Waals surface area contributed by atoms with Crippen molar-refractivity contribution in [2.24, 2.45) is 0 Å². The van der Waals surface area contributed by atoms with E-state index < -0.39 is 0 Å². The number of benzene rings is 1. The maximum absolute atomic E-state index is 11.6. The van der Waals surface area contributed by atoms with Crippen molar-refractivity contribution < 1.29 is 4.39 Å². The maximum Gasteiger partial charge on any atom is 0.111 e. The highest BCUT2D eigenvalue weighted by molar-refractivity contribution is 7.16. The van der Waals surface area contributed by atoms with Crippen molar-refractivity contribution in [3.63, 3.8) is 0 Å². The van der Waals surface area contributed by atoms with E-state index in [0.717, 1.165) is 10.1 Å². The average Bonchev–Trinajstić information content (AvgIpc) is 2.51. The van der Waals surface area contributed by atoms with E-state index in [2.05, 4.69) is 11.3 Å². The Hall–Kier alpha value is -1.33. The van der Waals surface area contributed by atoms with E-state index >= 15 is 0 Å². The highest BCUT2D eigenvalue weighted by atomic mass is 32.1. The summed E-state index contributed by atoms with van der Waals surface area (Å²) in [6, 6.07) is 7.47. The fourth-order valence-corrected chi connectivity index (χ4v) is 1.73. The summed E-state index contributed by atoms with van der Waals surface area (Å²) >= 11 is 1.55. The predicted molar refractivity (Wildman–Crippen MR) is 48.6 cm³/mol. The Labute approximate surface area is 73.6 Å². The highest BCUT2D eigenvalue weighted by Gasteiger charge is 1.94. The van der Waals surface area contributed by atoms with E-state index in [4.69, 9.17) is 0 Å². The summed E-state index contributed by atoms with van der Waals surface area (Å²) in [7, 11) is 0. The van der Waals surface area contributed by atoms with Crippen molar-refractivity contribution in [1.82, 2.24) is 0 Å². The van der Waals surface area contributed by atoms with E-state index in [1.807, 2.05) is 18.2 Å². The predicted octanol–water partition coefficient (Wildman–Crippen LogP) is 2.98. The molecular weight excluding hydrogens is 171 g/mol. The maximum atomic E-state index is 11.6. The van der Waals surface area contributed by atoms with Crippen LogP contribution in [-0.4, -0.2) is 0 Å². The normalized spacial score (nSPS) is 9.42. The molecule has 1 radical (unpaired) electrons. The molecular formula is C10H4FS. The number of fused-ring (bicyclic) bond motifs is 1. The van der Waals surface area contributed by atoms with Gasteiger partial charge in [0, 0.05) is 15.6 Å². The van der Waals surface area contributed by atoms with Crippen LogP contribution in [-0.2, 0) is 0 Å². The molecule has 0 saturated carbocycles. The van der Waals surface area contributed by atoms with Gasteiger partial charge < -0.3 is 0 Å². The molecule has 0 fully saturated rings. The van der Waals surface area contributed by atoms with E-state index in [0.29, 0.717) is 5.56 Å². The lowest BCUT2D eigenvalue weighted by molar-refractivity contribution is 0.774. The first-order valence-electron chi connectivity index (χ1n) is 3.41. The molecule has 12 heavy (non-hydrogen) atoms. The zero-order chi connectivity index (χ0) is 8.39. The Balaban J connectivity index is 2.65. The molecule has 0 spiro atoms. The summed E-state index contributed by atoms with van der Waals surface area (Å²) in [6.07, 6.45) is 1.38. The lowest BCUT2D eigenvalue weighted by Crippen LogP contribution is -1.70. The number of hydrogen-bond donors (Lipinski definition) is 0. The second-order valence-electron chi connectivity index (χ2n) is 2.34. The van der Waals surface area contributed by atoms with Crippen LogP contribution in [0.5, 0.6) is 0 Å². The van der Waals surface area contributed by atoms with Gasteiger partial charge in [-0.25, -0.2) is 0 Å². The van der Waals surface area contributed by atoms with Gasteiger partial charge in [0.2, 0.25) is 0 Å². The summed E-state index contributed by atoms with van der Waals surface area (Å²) in [4.78, 5) is 0. The fourth-order valence-electron chi connectivity index (χ4n) is 1.04. The number of hydrogen-bond acceptors (Lipinski definition) is 1. The van der Waals surface area contributed by atoms with Gasteiger partial charge in [0.1, 0.15) is 6.17 Å². The minimum absolute atomic E-state index is 0.705. The standard InChI is InChI=1S/C10H4FS/c11-5-3-8-1-2-10-9(7-8)4-6-12-10/h1-2,4,7H. The van der Waals surface area contributed by atoms with Gasteiger partial charge in [0.25, 0.3) is 0 Å². The lowest BCUT2D eigenvalue weighted by atomic mass is 10.2.